The molecule has 0 aliphatic heterocycles. The van der Waals surface area contributed by atoms with Crippen LogP contribution < -0.4 is 5.32 Å². The van der Waals surface area contributed by atoms with Gasteiger partial charge in [-0.1, -0.05) is 41.9 Å². The van der Waals surface area contributed by atoms with Crippen LogP contribution in [-0.4, -0.2) is 4.98 Å². The fraction of sp³-hybridized carbons (Fsp3) is 0.0625. The number of benzene rings is 2. The summed E-state index contributed by atoms with van der Waals surface area (Å²) in [5.74, 6) is 0.626. The van der Waals surface area contributed by atoms with Crippen LogP contribution in [0.3, 0.4) is 0 Å². The maximum absolute atomic E-state index is 6.09. The summed E-state index contributed by atoms with van der Waals surface area (Å²) in [6, 6.07) is 17.4. The molecular formula is C16H13ClN2O. The second kappa shape index (κ2) is 5.80. The minimum absolute atomic E-state index is 0.570. The number of oxazole rings is 1. The number of hydrogen-bond donors (Lipinski definition) is 1. The fourth-order valence-electron chi connectivity index (χ4n) is 1.89. The molecule has 1 N–H and O–H groups in total. The lowest BCUT2D eigenvalue weighted by Crippen LogP contribution is -2.00. The molecule has 0 saturated carbocycles. The van der Waals surface area contributed by atoms with Gasteiger partial charge in [-0.25, -0.2) is 4.98 Å². The van der Waals surface area contributed by atoms with Crippen LogP contribution in [0.4, 0.5) is 5.69 Å². The molecule has 3 nitrogen and oxygen atoms in total. The van der Waals surface area contributed by atoms with Gasteiger partial charge in [-0.05, 0) is 24.3 Å². The summed E-state index contributed by atoms with van der Waals surface area (Å²) in [5.41, 5.74) is 2.69. The minimum atomic E-state index is 0.570. The predicted molar refractivity (Wildman–Crippen MR) is 80.7 cm³/mol. The Balaban J connectivity index is 1.71. The molecule has 0 bridgehead atoms. The lowest BCUT2D eigenvalue weighted by molar-refractivity contribution is 0.573. The molecule has 3 rings (SSSR count). The molecule has 2 aromatic carbocycles. The van der Waals surface area contributed by atoms with Gasteiger partial charge in [-0.3, -0.25) is 0 Å². The number of nitrogens with zero attached hydrogens (tertiary/aromatic N) is 1. The zero-order valence-corrected chi connectivity index (χ0v) is 11.5. The van der Waals surface area contributed by atoms with Crippen LogP contribution in [0.5, 0.6) is 0 Å². The molecule has 0 amide bonds. The molecule has 20 heavy (non-hydrogen) atoms. The normalized spacial score (nSPS) is 10.4. The van der Waals surface area contributed by atoms with Crippen molar-refractivity contribution in [3.05, 3.63) is 71.6 Å². The predicted octanol–water partition coefficient (Wildman–Crippen LogP) is 4.61. The maximum Gasteiger partial charge on any atom is 0.226 e. The summed E-state index contributed by atoms with van der Waals surface area (Å²) in [6.45, 7) is 0.570. The zero-order valence-electron chi connectivity index (χ0n) is 10.7. The third-order valence-electron chi connectivity index (χ3n) is 2.91. The number of para-hydroxylation sites is 1. The second-order valence-corrected chi connectivity index (χ2v) is 4.75. The van der Waals surface area contributed by atoms with E-state index in [0.717, 1.165) is 16.9 Å². The van der Waals surface area contributed by atoms with E-state index in [1.807, 2.05) is 54.6 Å². The Bertz CT molecular complexity index is 694. The Morgan fingerprint density at radius 3 is 2.55 bits per heavy atom. The molecule has 1 heterocycles. The Hall–Kier alpha value is -2.26. The van der Waals surface area contributed by atoms with Gasteiger partial charge in [0, 0.05) is 5.56 Å². The van der Waals surface area contributed by atoms with E-state index >= 15 is 0 Å². The van der Waals surface area contributed by atoms with Crippen molar-refractivity contribution >= 4 is 17.3 Å². The van der Waals surface area contributed by atoms with E-state index in [1.54, 1.807) is 6.26 Å². The Morgan fingerprint density at radius 2 is 1.75 bits per heavy atom. The summed E-state index contributed by atoms with van der Waals surface area (Å²) in [4.78, 5) is 4.45. The van der Waals surface area contributed by atoms with E-state index in [1.165, 1.54) is 0 Å². The number of hydrogen-bond acceptors (Lipinski definition) is 3. The van der Waals surface area contributed by atoms with Gasteiger partial charge in [0.25, 0.3) is 0 Å². The smallest absolute Gasteiger partial charge is 0.226 e. The summed E-state index contributed by atoms with van der Waals surface area (Å²) in [5, 5.41) is 3.93. The number of nitrogens with one attached hydrogen (secondary N) is 1. The van der Waals surface area contributed by atoms with Crippen LogP contribution in [-0.2, 0) is 6.54 Å². The fourth-order valence-corrected chi connectivity index (χ4v) is 2.09. The van der Waals surface area contributed by atoms with Crippen LogP contribution in [0, 0.1) is 0 Å². The number of aromatic nitrogens is 1. The van der Waals surface area contributed by atoms with Crippen molar-refractivity contribution in [1.82, 2.24) is 4.98 Å². The number of anilines is 1. The average molecular weight is 285 g/mol. The van der Waals surface area contributed by atoms with Crippen molar-refractivity contribution in [2.45, 2.75) is 6.54 Å². The topological polar surface area (TPSA) is 38.1 Å². The number of rotatable bonds is 4. The highest BCUT2D eigenvalue weighted by molar-refractivity contribution is 6.33. The van der Waals surface area contributed by atoms with E-state index in [-0.39, 0.29) is 0 Å². The minimum Gasteiger partial charge on any atom is -0.444 e. The standard InChI is InChI=1S/C16H13ClN2O/c17-14-8-4-5-9-15(14)18-10-13-11-20-16(19-13)12-6-2-1-3-7-12/h1-9,11,18H,10H2. The Labute approximate surface area is 122 Å². The van der Waals surface area contributed by atoms with Crippen molar-refractivity contribution in [2.24, 2.45) is 0 Å². The van der Waals surface area contributed by atoms with E-state index in [9.17, 15) is 0 Å². The van der Waals surface area contributed by atoms with E-state index in [2.05, 4.69) is 10.3 Å². The van der Waals surface area contributed by atoms with Crippen molar-refractivity contribution in [2.75, 3.05) is 5.32 Å². The third-order valence-corrected chi connectivity index (χ3v) is 3.24. The van der Waals surface area contributed by atoms with Crippen molar-refractivity contribution in [3.8, 4) is 11.5 Å². The highest BCUT2D eigenvalue weighted by Crippen LogP contribution is 2.22. The molecule has 100 valence electrons. The van der Waals surface area contributed by atoms with Gasteiger partial charge in [-0.15, -0.1) is 0 Å². The van der Waals surface area contributed by atoms with Crippen LogP contribution in [0.1, 0.15) is 5.69 Å². The van der Waals surface area contributed by atoms with Crippen LogP contribution in [0.25, 0.3) is 11.5 Å². The molecule has 0 fully saturated rings. The van der Waals surface area contributed by atoms with Crippen molar-refractivity contribution in [3.63, 3.8) is 0 Å². The van der Waals surface area contributed by atoms with E-state index < -0.39 is 0 Å². The third kappa shape index (κ3) is 2.83. The van der Waals surface area contributed by atoms with Gasteiger partial charge >= 0.3 is 0 Å². The Kier molecular flexibility index (Phi) is 3.70. The first-order valence-electron chi connectivity index (χ1n) is 6.31. The number of halogens is 1. The Morgan fingerprint density at radius 1 is 1.00 bits per heavy atom. The quantitative estimate of drug-likeness (QED) is 0.760. The summed E-state index contributed by atoms with van der Waals surface area (Å²) in [6.07, 6.45) is 1.66. The molecule has 0 unspecified atom stereocenters. The molecule has 0 aliphatic carbocycles. The molecule has 0 saturated heterocycles. The van der Waals surface area contributed by atoms with Gasteiger partial charge in [0.2, 0.25) is 5.89 Å². The SMILES string of the molecule is Clc1ccccc1NCc1coc(-c2ccccc2)n1. The lowest BCUT2D eigenvalue weighted by atomic mass is 10.2. The summed E-state index contributed by atoms with van der Waals surface area (Å²) in [7, 11) is 0. The van der Waals surface area contributed by atoms with Crippen molar-refractivity contribution < 1.29 is 4.42 Å². The van der Waals surface area contributed by atoms with Gasteiger partial charge in [-0.2, -0.15) is 0 Å². The van der Waals surface area contributed by atoms with E-state index in [0.29, 0.717) is 17.5 Å². The lowest BCUT2D eigenvalue weighted by Gasteiger charge is -2.05. The molecule has 0 spiro atoms. The monoisotopic (exact) mass is 284 g/mol. The van der Waals surface area contributed by atoms with Crippen molar-refractivity contribution in [1.29, 1.82) is 0 Å². The van der Waals surface area contributed by atoms with Crippen LogP contribution >= 0.6 is 11.6 Å². The summed E-state index contributed by atoms with van der Waals surface area (Å²) >= 11 is 6.09. The largest absolute Gasteiger partial charge is 0.444 e. The molecule has 4 heteroatoms. The van der Waals surface area contributed by atoms with Gasteiger partial charge in [0.1, 0.15) is 6.26 Å². The highest BCUT2D eigenvalue weighted by Gasteiger charge is 2.06. The van der Waals surface area contributed by atoms with Crippen LogP contribution in [0.15, 0.2) is 65.3 Å². The molecule has 3 aromatic rings. The van der Waals surface area contributed by atoms with Gasteiger partial charge < -0.3 is 9.73 Å². The first-order chi connectivity index (χ1) is 9.83. The molecule has 1 aromatic heterocycles. The van der Waals surface area contributed by atoms with E-state index in [4.69, 9.17) is 16.0 Å². The second-order valence-electron chi connectivity index (χ2n) is 4.34. The van der Waals surface area contributed by atoms with Crippen LogP contribution in [0.2, 0.25) is 5.02 Å². The molecule has 0 radical (unpaired) electrons. The molecule has 0 aliphatic rings. The van der Waals surface area contributed by atoms with Gasteiger partial charge in [0.15, 0.2) is 0 Å². The summed E-state index contributed by atoms with van der Waals surface area (Å²) < 4.78 is 5.49. The molecule has 0 atom stereocenters. The zero-order chi connectivity index (χ0) is 13.8. The first kappa shape index (κ1) is 12.8. The average Bonchev–Trinajstić information content (AvgIpc) is 2.96. The first-order valence-corrected chi connectivity index (χ1v) is 6.69. The maximum atomic E-state index is 6.09. The van der Waals surface area contributed by atoms with Gasteiger partial charge in [0.05, 0.1) is 22.9 Å². The molecular weight excluding hydrogens is 272 g/mol. The highest BCUT2D eigenvalue weighted by atomic mass is 35.5.